The van der Waals surface area contributed by atoms with Crippen molar-refractivity contribution in [2.45, 2.75) is 31.8 Å². The molecule has 2 aromatic heterocycles. The molecule has 2 aromatic carbocycles. The standard InChI is InChI=1S/C18H18N4O3S3/c1-3-21-13-7-5-6-8-15(13)26-17(21)19-20-18-22(4-2)14-10-9-12(28(23,24)25)11-16(14)27-18/h5-11H,3-4H2,1-2H3,(H,23,24,25)/b19-17-,20-18-. The van der Waals surface area contributed by atoms with Gasteiger partial charge in [-0.05, 0) is 44.2 Å². The molecule has 0 saturated carbocycles. The molecule has 0 unspecified atom stereocenters. The zero-order valence-electron chi connectivity index (χ0n) is 15.2. The summed E-state index contributed by atoms with van der Waals surface area (Å²) in [6.07, 6.45) is 0. The van der Waals surface area contributed by atoms with Gasteiger partial charge in [-0.1, -0.05) is 34.8 Å². The first kappa shape index (κ1) is 19.1. The number of hydrogen-bond donors (Lipinski definition) is 1. The van der Waals surface area contributed by atoms with Gasteiger partial charge in [-0.25, -0.2) is 0 Å². The highest BCUT2D eigenvalue weighted by Gasteiger charge is 2.13. The van der Waals surface area contributed by atoms with Crippen LogP contribution in [0.25, 0.3) is 20.4 Å². The Hall–Kier alpha value is -2.27. The van der Waals surface area contributed by atoms with E-state index in [9.17, 15) is 13.0 Å². The molecule has 0 bridgehead atoms. The van der Waals surface area contributed by atoms with E-state index in [1.54, 1.807) is 17.4 Å². The minimum Gasteiger partial charge on any atom is -0.315 e. The molecule has 2 heterocycles. The first-order valence-corrected chi connectivity index (χ1v) is 11.8. The third-order valence-electron chi connectivity index (χ3n) is 4.39. The second-order valence-electron chi connectivity index (χ2n) is 6.03. The van der Waals surface area contributed by atoms with Gasteiger partial charge in [0.25, 0.3) is 10.1 Å². The van der Waals surface area contributed by atoms with Crippen LogP contribution < -0.4 is 9.60 Å². The zero-order chi connectivity index (χ0) is 19.9. The van der Waals surface area contributed by atoms with Gasteiger partial charge in [0, 0.05) is 13.1 Å². The molecule has 10 heteroatoms. The number of benzene rings is 2. The lowest BCUT2D eigenvalue weighted by atomic mass is 10.3. The fraction of sp³-hybridized carbons (Fsp3) is 0.222. The van der Waals surface area contributed by atoms with Crippen molar-refractivity contribution in [1.29, 1.82) is 0 Å². The molecule has 0 saturated heterocycles. The highest BCUT2D eigenvalue weighted by atomic mass is 32.2. The number of thiazole rings is 2. The van der Waals surface area contributed by atoms with Crippen molar-refractivity contribution >= 4 is 53.2 Å². The van der Waals surface area contributed by atoms with Crippen LogP contribution in [-0.4, -0.2) is 22.1 Å². The van der Waals surface area contributed by atoms with Crippen LogP contribution >= 0.6 is 22.7 Å². The molecular weight excluding hydrogens is 416 g/mol. The third-order valence-corrected chi connectivity index (χ3v) is 7.32. The van der Waals surface area contributed by atoms with Crippen molar-refractivity contribution in [1.82, 2.24) is 9.13 Å². The predicted octanol–water partition coefficient (Wildman–Crippen LogP) is 3.42. The van der Waals surface area contributed by atoms with Crippen molar-refractivity contribution in [3.05, 3.63) is 52.1 Å². The molecule has 7 nitrogen and oxygen atoms in total. The van der Waals surface area contributed by atoms with Crippen LogP contribution in [0.3, 0.4) is 0 Å². The number of nitrogens with zero attached hydrogens (tertiary/aromatic N) is 4. The third kappa shape index (κ3) is 3.32. The van der Waals surface area contributed by atoms with Gasteiger partial charge < -0.3 is 9.13 Å². The van der Waals surface area contributed by atoms with E-state index in [2.05, 4.69) is 33.8 Å². The van der Waals surface area contributed by atoms with E-state index in [0.29, 0.717) is 11.3 Å². The fourth-order valence-corrected chi connectivity index (χ4v) is 5.80. The topological polar surface area (TPSA) is 88.9 Å². The quantitative estimate of drug-likeness (QED) is 0.394. The van der Waals surface area contributed by atoms with E-state index in [4.69, 9.17) is 0 Å². The summed E-state index contributed by atoms with van der Waals surface area (Å²) >= 11 is 2.92. The van der Waals surface area contributed by atoms with Gasteiger partial charge in [-0.3, -0.25) is 4.55 Å². The van der Waals surface area contributed by atoms with Gasteiger partial charge in [0.05, 0.1) is 25.3 Å². The van der Waals surface area contributed by atoms with Gasteiger partial charge in [-0.15, -0.1) is 10.2 Å². The average Bonchev–Trinajstić information content (AvgIpc) is 3.21. The van der Waals surface area contributed by atoms with Crippen LogP contribution in [0, 0.1) is 0 Å². The Bertz CT molecular complexity index is 1420. The molecule has 0 amide bonds. The normalized spacial score (nSPS) is 13.8. The molecule has 0 aliphatic carbocycles. The Morgan fingerprint density at radius 3 is 2.07 bits per heavy atom. The van der Waals surface area contributed by atoms with Gasteiger partial charge in [0.2, 0.25) is 9.60 Å². The van der Waals surface area contributed by atoms with E-state index < -0.39 is 10.1 Å². The molecule has 28 heavy (non-hydrogen) atoms. The lowest BCUT2D eigenvalue weighted by molar-refractivity contribution is 0.483. The van der Waals surface area contributed by atoms with Crippen LogP contribution in [0.4, 0.5) is 0 Å². The molecule has 0 atom stereocenters. The minimum atomic E-state index is -4.24. The predicted molar refractivity (Wildman–Crippen MR) is 112 cm³/mol. The Kier molecular flexibility index (Phi) is 4.96. The first-order valence-electron chi connectivity index (χ1n) is 8.69. The molecule has 0 aliphatic heterocycles. The molecular formula is C18H18N4O3S3. The number of aromatic nitrogens is 2. The maximum Gasteiger partial charge on any atom is 0.294 e. The summed E-state index contributed by atoms with van der Waals surface area (Å²) in [7, 11) is -4.24. The molecule has 4 rings (SSSR count). The second kappa shape index (κ2) is 7.28. The van der Waals surface area contributed by atoms with Gasteiger partial charge in [0.1, 0.15) is 0 Å². The summed E-state index contributed by atoms with van der Waals surface area (Å²) in [6, 6.07) is 12.7. The smallest absolute Gasteiger partial charge is 0.294 e. The molecule has 0 spiro atoms. The largest absolute Gasteiger partial charge is 0.315 e. The maximum atomic E-state index is 11.4. The summed E-state index contributed by atoms with van der Waals surface area (Å²) in [4.78, 5) is 1.36. The molecule has 4 aromatic rings. The number of rotatable bonds is 4. The summed E-state index contributed by atoms with van der Waals surface area (Å²) in [5.74, 6) is 0. The van der Waals surface area contributed by atoms with E-state index in [-0.39, 0.29) is 4.90 Å². The van der Waals surface area contributed by atoms with Gasteiger partial charge in [0.15, 0.2) is 0 Å². The highest BCUT2D eigenvalue weighted by molar-refractivity contribution is 7.85. The van der Waals surface area contributed by atoms with Crippen molar-refractivity contribution in [2.24, 2.45) is 10.2 Å². The first-order chi connectivity index (χ1) is 13.4. The minimum absolute atomic E-state index is 0.124. The van der Waals surface area contributed by atoms with E-state index in [1.165, 1.54) is 23.5 Å². The van der Waals surface area contributed by atoms with Crippen molar-refractivity contribution < 1.29 is 13.0 Å². The number of aryl methyl sites for hydroxylation is 2. The molecule has 1 N–H and O–H groups in total. The molecule has 0 aliphatic rings. The Morgan fingerprint density at radius 1 is 0.893 bits per heavy atom. The van der Waals surface area contributed by atoms with Gasteiger partial charge >= 0.3 is 0 Å². The summed E-state index contributed by atoms with van der Waals surface area (Å²) < 4.78 is 38.1. The van der Waals surface area contributed by atoms with Crippen molar-refractivity contribution in [3.8, 4) is 0 Å². The summed E-state index contributed by atoms with van der Waals surface area (Å²) in [6.45, 7) is 5.52. The lowest BCUT2D eigenvalue weighted by Gasteiger charge is -2.01. The van der Waals surface area contributed by atoms with Gasteiger partial charge in [-0.2, -0.15) is 8.42 Å². The Balaban J connectivity index is 1.94. The molecule has 0 fully saturated rings. The van der Waals surface area contributed by atoms with Crippen LogP contribution in [0.15, 0.2) is 57.6 Å². The van der Waals surface area contributed by atoms with Crippen LogP contribution in [0.1, 0.15) is 13.8 Å². The van der Waals surface area contributed by atoms with Crippen molar-refractivity contribution in [3.63, 3.8) is 0 Å². The van der Waals surface area contributed by atoms with E-state index in [0.717, 1.165) is 31.8 Å². The fourth-order valence-electron chi connectivity index (χ4n) is 3.08. The van der Waals surface area contributed by atoms with Crippen LogP contribution in [0.2, 0.25) is 0 Å². The summed E-state index contributed by atoms with van der Waals surface area (Å²) in [5.41, 5.74) is 1.98. The molecule has 0 radical (unpaired) electrons. The lowest BCUT2D eigenvalue weighted by Crippen LogP contribution is -2.16. The highest BCUT2D eigenvalue weighted by Crippen LogP contribution is 2.22. The maximum absolute atomic E-state index is 11.4. The van der Waals surface area contributed by atoms with E-state index in [1.807, 2.05) is 23.6 Å². The summed E-state index contributed by atoms with van der Waals surface area (Å²) in [5, 5.41) is 8.95. The van der Waals surface area contributed by atoms with Crippen molar-refractivity contribution in [2.75, 3.05) is 0 Å². The Labute approximate surface area is 169 Å². The number of para-hydroxylation sites is 1. The SMILES string of the molecule is CCn1/c(=N/N=c2\sc3cc(S(=O)(=O)O)ccc3n2CC)sc2ccccc21. The average molecular weight is 435 g/mol. The van der Waals surface area contributed by atoms with E-state index >= 15 is 0 Å². The monoisotopic (exact) mass is 434 g/mol. The second-order valence-corrected chi connectivity index (χ2v) is 9.47. The van der Waals surface area contributed by atoms with Crippen LogP contribution in [-0.2, 0) is 23.2 Å². The number of fused-ring (bicyclic) bond motifs is 2. The van der Waals surface area contributed by atoms with Crippen LogP contribution in [0.5, 0.6) is 0 Å². The number of hydrogen-bond acceptors (Lipinski definition) is 6. The molecule has 146 valence electrons. The Morgan fingerprint density at radius 2 is 1.46 bits per heavy atom. The zero-order valence-corrected chi connectivity index (χ0v) is 17.7.